The van der Waals surface area contributed by atoms with Gasteiger partial charge in [-0.3, -0.25) is 4.79 Å². The van der Waals surface area contributed by atoms with Gasteiger partial charge in [-0.2, -0.15) is 21.6 Å². The zero-order valence-corrected chi connectivity index (χ0v) is 17.0. The second-order valence-electron chi connectivity index (χ2n) is 6.90. The standard InChI is InChI=1S/C19H34F3NO3S/c1-2-3-4-5-6-7-8-9-10-11-12-13-14-15-16-17-18(24)23-27(25,26)19(20,21)22/h2H,1,3-17H2,(H,23,24). The van der Waals surface area contributed by atoms with Crippen LogP contribution in [-0.2, 0) is 14.8 Å². The van der Waals surface area contributed by atoms with Crippen molar-refractivity contribution < 1.29 is 26.4 Å². The van der Waals surface area contributed by atoms with Crippen LogP contribution in [-0.4, -0.2) is 19.8 Å². The van der Waals surface area contributed by atoms with Gasteiger partial charge in [0.15, 0.2) is 0 Å². The van der Waals surface area contributed by atoms with Gasteiger partial charge in [-0.15, -0.1) is 6.58 Å². The highest BCUT2D eigenvalue weighted by molar-refractivity contribution is 7.90. The Morgan fingerprint density at radius 1 is 0.778 bits per heavy atom. The van der Waals surface area contributed by atoms with Crippen molar-refractivity contribution in [2.75, 3.05) is 0 Å². The Kier molecular flexibility index (Phi) is 14.4. The number of allylic oxidation sites excluding steroid dienone is 1. The van der Waals surface area contributed by atoms with Gasteiger partial charge in [-0.05, 0) is 19.3 Å². The van der Waals surface area contributed by atoms with Crippen molar-refractivity contribution in [3.63, 3.8) is 0 Å². The number of halogens is 3. The normalized spacial score (nSPS) is 12.1. The minimum absolute atomic E-state index is 0.206. The molecule has 0 aromatic heterocycles. The lowest BCUT2D eigenvalue weighted by Crippen LogP contribution is -2.40. The number of unbranched alkanes of at least 4 members (excludes halogenated alkanes) is 13. The van der Waals surface area contributed by atoms with Crippen LogP contribution in [0.5, 0.6) is 0 Å². The SMILES string of the molecule is C=CCCCCCCCCCCCCCCCC(=O)NS(=O)(=O)C(F)(F)F. The van der Waals surface area contributed by atoms with E-state index >= 15 is 0 Å². The van der Waals surface area contributed by atoms with E-state index in [-0.39, 0.29) is 6.42 Å². The third-order valence-electron chi connectivity index (χ3n) is 4.36. The average Bonchev–Trinajstić information content (AvgIpc) is 2.57. The van der Waals surface area contributed by atoms with Crippen LogP contribution < -0.4 is 4.72 Å². The summed E-state index contributed by atoms with van der Waals surface area (Å²) >= 11 is 0. The summed E-state index contributed by atoms with van der Waals surface area (Å²) in [4.78, 5) is 11.2. The molecule has 8 heteroatoms. The van der Waals surface area contributed by atoms with E-state index in [4.69, 9.17) is 0 Å². The van der Waals surface area contributed by atoms with Gasteiger partial charge in [0, 0.05) is 6.42 Å². The van der Waals surface area contributed by atoms with Crippen molar-refractivity contribution in [3.8, 4) is 0 Å². The summed E-state index contributed by atoms with van der Waals surface area (Å²) in [7, 11) is -5.57. The maximum Gasteiger partial charge on any atom is 0.516 e. The molecule has 0 heterocycles. The van der Waals surface area contributed by atoms with Gasteiger partial charge in [-0.25, -0.2) is 4.72 Å². The molecule has 0 aliphatic rings. The summed E-state index contributed by atoms with van der Waals surface area (Å²) < 4.78 is 58.9. The highest BCUT2D eigenvalue weighted by Gasteiger charge is 2.46. The summed E-state index contributed by atoms with van der Waals surface area (Å²) in [5.41, 5.74) is -5.45. The first-order valence-corrected chi connectivity index (χ1v) is 11.4. The van der Waals surface area contributed by atoms with Crippen LogP contribution in [0.15, 0.2) is 12.7 Å². The maximum absolute atomic E-state index is 12.1. The molecular formula is C19H34F3NO3S. The minimum atomic E-state index is -5.57. The molecule has 1 amide bonds. The Balaban J connectivity index is 3.41. The summed E-state index contributed by atoms with van der Waals surface area (Å²) in [6.07, 6.45) is 17.1. The zero-order chi connectivity index (χ0) is 20.6. The predicted molar refractivity (Wildman–Crippen MR) is 103 cm³/mol. The van der Waals surface area contributed by atoms with Crippen molar-refractivity contribution in [2.45, 2.75) is 102 Å². The first-order chi connectivity index (χ1) is 12.7. The fraction of sp³-hybridized carbons (Fsp3) is 0.842. The molecule has 27 heavy (non-hydrogen) atoms. The molecule has 4 nitrogen and oxygen atoms in total. The number of hydrogen-bond acceptors (Lipinski definition) is 3. The molecule has 0 aliphatic heterocycles. The van der Waals surface area contributed by atoms with Crippen molar-refractivity contribution in [2.24, 2.45) is 0 Å². The van der Waals surface area contributed by atoms with Crippen LogP contribution >= 0.6 is 0 Å². The topological polar surface area (TPSA) is 63.2 Å². The fourth-order valence-electron chi connectivity index (χ4n) is 2.78. The predicted octanol–water partition coefficient (Wildman–Crippen LogP) is 5.99. The molecule has 0 aromatic carbocycles. The highest BCUT2D eigenvalue weighted by Crippen LogP contribution is 2.21. The lowest BCUT2D eigenvalue weighted by Gasteiger charge is -2.09. The monoisotopic (exact) mass is 413 g/mol. The number of nitrogens with one attached hydrogen (secondary N) is 1. The number of rotatable bonds is 17. The molecule has 0 fully saturated rings. The third kappa shape index (κ3) is 14.7. The molecule has 0 aliphatic carbocycles. The molecule has 0 saturated carbocycles. The summed E-state index contributed by atoms with van der Waals surface area (Å²) in [6.45, 7) is 3.71. The van der Waals surface area contributed by atoms with Crippen LogP contribution in [0.2, 0.25) is 0 Å². The Bertz CT molecular complexity index is 505. The van der Waals surface area contributed by atoms with Crippen LogP contribution in [0.1, 0.15) is 96.3 Å². The van der Waals surface area contributed by atoms with E-state index in [0.29, 0.717) is 12.8 Å². The van der Waals surface area contributed by atoms with Crippen LogP contribution in [0.3, 0.4) is 0 Å². The molecule has 0 unspecified atom stereocenters. The number of carbonyl (C=O) groups excluding carboxylic acids is 1. The van der Waals surface area contributed by atoms with E-state index in [1.807, 2.05) is 6.08 Å². The molecule has 0 radical (unpaired) electrons. The van der Waals surface area contributed by atoms with E-state index < -0.39 is 21.4 Å². The smallest absolute Gasteiger partial charge is 0.274 e. The molecule has 0 atom stereocenters. The minimum Gasteiger partial charge on any atom is -0.274 e. The number of hydrogen-bond donors (Lipinski definition) is 1. The van der Waals surface area contributed by atoms with Gasteiger partial charge in [-0.1, -0.05) is 76.7 Å². The molecule has 0 rings (SSSR count). The van der Waals surface area contributed by atoms with E-state index in [0.717, 1.165) is 30.4 Å². The van der Waals surface area contributed by atoms with Gasteiger partial charge in [0.05, 0.1) is 0 Å². The summed E-state index contributed by atoms with van der Waals surface area (Å²) in [5, 5.41) is 0. The molecule has 0 bridgehead atoms. The maximum atomic E-state index is 12.1. The molecule has 160 valence electrons. The molecular weight excluding hydrogens is 379 g/mol. The second kappa shape index (κ2) is 14.9. The van der Waals surface area contributed by atoms with E-state index in [1.165, 1.54) is 51.4 Å². The van der Waals surface area contributed by atoms with Gasteiger partial charge >= 0.3 is 15.5 Å². The molecule has 0 saturated heterocycles. The Hall–Kier alpha value is -1.05. The highest BCUT2D eigenvalue weighted by atomic mass is 32.2. The van der Waals surface area contributed by atoms with E-state index in [9.17, 15) is 26.4 Å². The van der Waals surface area contributed by atoms with Crippen LogP contribution in [0.25, 0.3) is 0 Å². The Labute approximate surface area is 162 Å². The quantitative estimate of drug-likeness (QED) is 0.235. The number of alkyl halides is 3. The average molecular weight is 414 g/mol. The number of sulfonamides is 1. The lowest BCUT2D eigenvalue weighted by atomic mass is 10.0. The van der Waals surface area contributed by atoms with Crippen LogP contribution in [0.4, 0.5) is 13.2 Å². The van der Waals surface area contributed by atoms with Crippen molar-refractivity contribution in [1.29, 1.82) is 0 Å². The molecule has 0 aromatic rings. The van der Waals surface area contributed by atoms with Gasteiger partial charge < -0.3 is 0 Å². The third-order valence-corrected chi connectivity index (χ3v) is 5.47. The zero-order valence-electron chi connectivity index (χ0n) is 16.2. The number of carbonyl (C=O) groups is 1. The summed E-state index contributed by atoms with van der Waals surface area (Å²) in [6, 6.07) is 0. The van der Waals surface area contributed by atoms with Gasteiger partial charge in [0.1, 0.15) is 0 Å². The first-order valence-electron chi connectivity index (χ1n) is 9.93. The largest absolute Gasteiger partial charge is 0.516 e. The Morgan fingerprint density at radius 2 is 1.15 bits per heavy atom. The van der Waals surface area contributed by atoms with Crippen molar-refractivity contribution in [3.05, 3.63) is 12.7 Å². The van der Waals surface area contributed by atoms with E-state index in [1.54, 1.807) is 0 Å². The molecule has 1 N–H and O–H groups in total. The van der Waals surface area contributed by atoms with Crippen molar-refractivity contribution in [1.82, 2.24) is 4.72 Å². The van der Waals surface area contributed by atoms with Gasteiger partial charge in [0.25, 0.3) is 0 Å². The Morgan fingerprint density at radius 3 is 1.52 bits per heavy atom. The van der Waals surface area contributed by atoms with Crippen molar-refractivity contribution >= 4 is 15.9 Å². The first kappa shape index (κ1) is 26.0. The summed E-state index contributed by atoms with van der Waals surface area (Å²) in [5.74, 6) is -1.10. The van der Waals surface area contributed by atoms with E-state index in [2.05, 4.69) is 6.58 Å². The molecule has 0 spiro atoms. The fourth-order valence-corrected chi connectivity index (χ4v) is 3.30. The van der Waals surface area contributed by atoms with Crippen LogP contribution in [0, 0.1) is 0 Å². The lowest BCUT2D eigenvalue weighted by molar-refractivity contribution is -0.120. The number of amides is 1. The second-order valence-corrected chi connectivity index (χ2v) is 8.57. The van der Waals surface area contributed by atoms with Gasteiger partial charge in [0.2, 0.25) is 5.91 Å².